The molecule has 5 aromatic rings. The third kappa shape index (κ3) is 5.79. The Balaban J connectivity index is 1.83. The molecule has 3 heterocycles. The Labute approximate surface area is 246 Å². The highest BCUT2D eigenvalue weighted by atomic mass is 32.1. The Bertz CT molecular complexity index is 1920. The van der Waals surface area contributed by atoms with E-state index < -0.39 is 41.0 Å². The summed E-state index contributed by atoms with van der Waals surface area (Å²) in [6, 6.07) is 11.9. The number of nitro benzene ring substituents is 1. The Hall–Kier alpha value is -4.82. The number of thiophene rings is 1. The van der Waals surface area contributed by atoms with Gasteiger partial charge in [0.25, 0.3) is 11.2 Å². The van der Waals surface area contributed by atoms with Gasteiger partial charge in [0.15, 0.2) is 0 Å². The van der Waals surface area contributed by atoms with Crippen LogP contribution in [0.15, 0.2) is 70.4 Å². The molecule has 0 aliphatic heterocycles. The molecule has 0 bridgehead atoms. The fourth-order valence-corrected chi connectivity index (χ4v) is 5.95. The van der Waals surface area contributed by atoms with E-state index in [9.17, 15) is 32.9 Å². The van der Waals surface area contributed by atoms with Gasteiger partial charge in [0.05, 0.1) is 28.7 Å². The van der Waals surface area contributed by atoms with Crippen molar-refractivity contribution in [3.05, 3.63) is 115 Å². The monoisotopic (exact) mass is 611 g/mol. The van der Waals surface area contributed by atoms with Gasteiger partial charge in [-0.05, 0) is 55.6 Å². The number of nitrogens with zero attached hydrogens (tertiary/aromatic N) is 5. The zero-order valence-electron chi connectivity index (χ0n) is 22.9. The van der Waals surface area contributed by atoms with Crippen molar-refractivity contribution >= 4 is 27.2 Å². The first-order chi connectivity index (χ1) is 20.6. The molecule has 43 heavy (non-hydrogen) atoms. The number of fused-ring (bicyclic) bond motifs is 1. The van der Waals surface area contributed by atoms with Gasteiger partial charge in [0.1, 0.15) is 29.7 Å². The molecule has 0 aliphatic rings. The van der Waals surface area contributed by atoms with Gasteiger partial charge in [-0.3, -0.25) is 19.5 Å². The normalized spacial score (nSPS) is 11.4. The lowest BCUT2D eigenvalue weighted by Crippen LogP contribution is -2.39. The highest BCUT2D eigenvalue weighted by molar-refractivity contribution is 7.22. The molecule has 0 N–H and O–H groups in total. The average Bonchev–Trinajstić information content (AvgIpc) is 3.34. The van der Waals surface area contributed by atoms with Crippen LogP contribution in [0.1, 0.15) is 11.1 Å². The van der Waals surface area contributed by atoms with Gasteiger partial charge >= 0.3 is 5.69 Å². The molecule has 2 aromatic carbocycles. The topological polar surface area (TPSA) is 112 Å². The van der Waals surface area contributed by atoms with E-state index in [-0.39, 0.29) is 46.2 Å². The summed E-state index contributed by atoms with van der Waals surface area (Å²) in [7, 11) is 3.57. The Morgan fingerprint density at radius 2 is 1.72 bits per heavy atom. The standard InChI is InChI=1S/C29H24F3N5O5S/c1-34(2)15-21-25-27(38)36(19-10-11-24(33-14-19)42-13-12-30)29(39)35(16-20-22(31)4-3-5-23(20)32)28(25)43-26(21)17-6-8-18(9-7-17)37(40)41/h3-11,14H,12-13,15-16H2,1-2H3. The fraction of sp³-hybridized carbons (Fsp3) is 0.207. The number of rotatable bonds is 10. The van der Waals surface area contributed by atoms with Crippen molar-refractivity contribution in [1.82, 2.24) is 19.0 Å². The van der Waals surface area contributed by atoms with Crippen LogP contribution in [-0.4, -0.2) is 51.3 Å². The van der Waals surface area contributed by atoms with Crippen molar-refractivity contribution in [3.8, 4) is 22.0 Å². The minimum Gasteiger partial charge on any atom is -0.475 e. The molecule has 222 valence electrons. The minimum absolute atomic E-state index is 0.0612. The number of pyridine rings is 1. The van der Waals surface area contributed by atoms with Gasteiger partial charge in [-0.2, -0.15) is 0 Å². The molecule has 0 radical (unpaired) electrons. The number of hydrogen-bond acceptors (Lipinski definition) is 8. The predicted octanol–water partition coefficient (Wildman–Crippen LogP) is 4.92. The van der Waals surface area contributed by atoms with E-state index in [0.717, 1.165) is 32.6 Å². The average molecular weight is 612 g/mol. The minimum atomic E-state index is -0.868. The fourth-order valence-electron chi connectivity index (χ4n) is 4.65. The van der Waals surface area contributed by atoms with Gasteiger partial charge in [-0.1, -0.05) is 6.07 Å². The number of non-ortho nitro benzene ring substituents is 1. The second-order valence-corrected chi connectivity index (χ2v) is 10.7. The first-order valence-electron chi connectivity index (χ1n) is 12.9. The van der Waals surface area contributed by atoms with E-state index in [1.807, 2.05) is 4.90 Å². The van der Waals surface area contributed by atoms with Crippen molar-refractivity contribution < 1.29 is 22.8 Å². The maximum Gasteiger partial charge on any atom is 0.337 e. The van der Waals surface area contributed by atoms with Crippen molar-refractivity contribution in [2.45, 2.75) is 13.1 Å². The number of halogens is 3. The lowest BCUT2D eigenvalue weighted by molar-refractivity contribution is -0.384. The number of ether oxygens (including phenoxy) is 1. The van der Waals surface area contributed by atoms with Gasteiger partial charge in [-0.25, -0.2) is 27.5 Å². The highest BCUT2D eigenvalue weighted by Gasteiger charge is 2.25. The summed E-state index contributed by atoms with van der Waals surface area (Å²) >= 11 is 1.07. The van der Waals surface area contributed by atoms with E-state index in [2.05, 4.69) is 4.98 Å². The van der Waals surface area contributed by atoms with Crippen LogP contribution in [0.5, 0.6) is 5.88 Å². The Morgan fingerprint density at radius 1 is 1.02 bits per heavy atom. The molecule has 5 rings (SSSR count). The SMILES string of the molecule is CN(C)Cc1c(-c2ccc([N+](=O)[O-])cc2)sc2c1c(=O)n(-c1ccc(OCCF)nc1)c(=O)n2Cc1c(F)cccc1F. The van der Waals surface area contributed by atoms with Crippen LogP contribution in [0, 0.1) is 21.7 Å². The van der Waals surface area contributed by atoms with Crippen molar-refractivity contribution in [1.29, 1.82) is 0 Å². The zero-order chi connectivity index (χ0) is 30.8. The molecular weight excluding hydrogens is 587 g/mol. The van der Waals surface area contributed by atoms with Crippen LogP contribution in [0.25, 0.3) is 26.3 Å². The number of aromatic nitrogens is 3. The summed E-state index contributed by atoms with van der Waals surface area (Å²) in [5.74, 6) is -1.66. The first-order valence-corrected chi connectivity index (χ1v) is 13.7. The summed E-state index contributed by atoms with van der Waals surface area (Å²) in [5.41, 5.74) is -0.912. The second kappa shape index (κ2) is 12.2. The van der Waals surface area contributed by atoms with Crippen LogP contribution < -0.4 is 16.0 Å². The maximum atomic E-state index is 14.8. The van der Waals surface area contributed by atoms with Crippen LogP contribution in [0.2, 0.25) is 0 Å². The molecule has 0 aliphatic carbocycles. The maximum absolute atomic E-state index is 14.8. The Kier molecular flexibility index (Phi) is 8.41. The number of hydrogen-bond donors (Lipinski definition) is 0. The zero-order valence-corrected chi connectivity index (χ0v) is 23.7. The molecule has 0 saturated carbocycles. The molecule has 10 nitrogen and oxygen atoms in total. The quantitative estimate of drug-likeness (QED) is 0.163. The van der Waals surface area contributed by atoms with Crippen LogP contribution in [0.4, 0.5) is 18.9 Å². The smallest absolute Gasteiger partial charge is 0.337 e. The van der Waals surface area contributed by atoms with Crippen LogP contribution >= 0.6 is 11.3 Å². The molecule has 0 atom stereocenters. The van der Waals surface area contributed by atoms with E-state index in [1.165, 1.54) is 36.5 Å². The molecule has 0 saturated heterocycles. The van der Waals surface area contributed by atoms with Gasteiger partial charge in [-0.15, -0.1) is 11.3 Å². The van der Waals surface area contributed by atoms with Crippen molar-refractivity contribution in [2.75, 3.05) is 27.4 Å². The summed E-state index contributed by atoms with van der Waals surface area (Å²) in [5, 5.41) is 11.4. The lowest BCUT2D eigenvalue weighted by Gasteiger charge is -2.15. The molecule has 0 spiro atoms. The number of benzene rings is 2. The predicted molar refractivity (Wildman–Crippen MR) is 156 cm³/mol. The molecule has 3 aromatic heterocycles. The van der Waals surface area contributed by atoms with Crippen LogP contribution in [-0.2, 0) is 13.1 Å². The van der Waals surface area contributed by atoms with Gasteiger partial charge < -0.3 is 9.64 Å². The lowest BCUT2D eigenvalue weighted by atomic mass is 10.1. The number of alkyl halides is 1. The van der Waals surface area contributed by atoms with E-state index in [1.54, 1.807) is 26.2 Å². The van der Waals surface area contributed by atoms with Gasteiger partial charge in [0.2, 0.25) is 5.88 Å². The molecule has 14 heteroatoms. The van der Waals surface area contributed by atoms with E-state index in [0.29, 0.717) is 16.0 Å². The third-order valence-electron chi connectivity index (χ3n) is 6.57. The third-order valence-corrected chi connectivity index (χ3v) is 7.88. The summed E-state index contributed by atoms with van der Waals surface area (Å²) in [4.78, 5) is 45.4. The summed E-state index contributed by atoms with van der Waals surface area (Å²) < 4.78 is 49.3. The molecule has 0 fully saturated rings. The second-order valence-electron chi connectivity index (χ2n) is 9.73. The highest BCUT2D eigenvalue weighted by Crippen LogP contribution is 2.38. The van der Waals surface area contributed by atoms with E-state index in [4.69, 9.17) is 4.74 Å². The molecule has 0 amide bonds. The van der Waals surface area contributed by atoms with Gasteiger partial charge in [0, 0.05) is 35.2 Å². The van der Waals surface area contributed by atoms with Crippen molar-refractivity contribution in [2.24, 2.45) is 0 Å². The van der Waals surface area contributed by atoms with Crippen LogP contribution in [0.3, 0.4) is 0 Å². The summed E-state index contributed by atoms with van der Waals surface area (Å²) in [6.45, 7) is -1.25. The van der Waals surface area contributed by atoms with E-state index >= 15 is 0 Å². The molecule has 0 unspecified atom stereocenters. The van der Waals surface area contributed by atoms with Crippen molar-refractivity contribution in [3.63, 3.8) is 0 Å². The first kappa shape index (κ1) is 29.7. The number of nitro groups is 1. The molecular formula is C29H24F3N5O5S. The largest absolute Gasteiger partial charge is 0.475 e. The Morgan fingerprint density at radius 3 is 2.30 bits per heavy atom. The summed E-state index contributed by atoms with van der Waals surface area (Å²) in [6.07, 6.45) is 1.21.